The second-order valence-electron chi connectivity index (χ2n) is 5.90. The Bertz CT molecular complexity index is 202. The molecule has 0 N–H and O–H groups in total. The quantitative estimate of drug-likeness (QED) is 0.355. The van der Waals surface area contributed by atoms with Crippen molar-refractivity contribution in [3.63, 3.8) is 0 Å². The van der Waals surface area contributed by atoms with Gasteiger partial charge in [0.1, 0.15) is 0 Å². The number of nitrogens with zero attached hydrogens (tertiary/aromatic N) is 1. The van der Waals surface area contributed by atoms with Gasteiger partial charge in [-0.05, 0) is 31.8 Å². The Morgan fingerprint density at radius 2 is 0.870 bits per heavy atom. The van der Waals surface area contributed by atoms with Gasteiger partial charge in [0.25, 0.3) is 0 Å². The zero-order valence-electron chi connectivity index (χ0n) is 16.1. The molecule has 0 bridgehead atoms. The predicted molar refractivity (Wildman–Crippen MR) is 92.0 cm³/mol. The molecule has 0 heterocycles. The van der Waals surface area contributed by atoms with Crippen molar-refractivity contribution in [2.45, 2.75) is 79.1 Å². The summed E-state index contributed by atoms with van der Waals surface area (Å²) in [6, 6.07) is 0. The van der Waals surface area contributed by atoms with Gasteiger partial charge in [-0.2, -0.15) is 0 Å². The zero-order chi connectivity index (χ0) is 16.6. The number of quaternary nitrogens is 1. The van der Waals surface area contributed by atoms with Gasteiger partial charge in [-0.3, -0.25) is 0 Å². The minimum absolute atomic E-state index is 0. The summed E-state index contributed by atoms with van der Waals surface area (Å²) in [5, 5.41) is 16.7. The summed E-state index contributed by atoms with van der Waals surface area (Å²) >= 11 is 0. The molecular weight excluding hydrogens is 341 g/mol. The summed E-state index contributed by atoms with van der Waals surface area (Å²) in [5.74, 6) is 0. The Morgan fingerprint density at radius 1 is 0.696 bits per heavy atom. The van der Waals surface area contributed by atoms with E-state index in [1.807, 2.05) is 0 Å². The molecule has 0 aliphatic carbocycles. The van der Waals surface area contributed by atoms with Crippen molar-refractivity contribution in [3.05, 3.63) is 0 Å². The van der Waals surface area contributed by atoms with E-state index < -0.39 is 6.16 Å². The molecule has 0 aliphatic heterocycles. The molecule has 23 heavy (non-hydrogen) atoms. The number of rotatable bonds is 12. The van der Waals surface area contributed by atoms with E-state index in [0.717, 1.165) is 0 Å². The Labute approximate surface area is 192 Å². The minimum Gasteiger partial charge on any atom is -0.652 e. The largest absolute Gasteiger partial charge is 1.00 e. The van der Waals surface area contributed by atoms with E-state index in [9.17, 15) is 0 Å². The third-order valence-corrected chi connectivity index (χ3v) is 3.94. The van der Waals surface area contributed by atoms with E-state index in [1.165, 1.54) is 82.0 Å². The van der Waals surface area contributed by atoms with Crippen molar-refractivity contribution in [1.82, 2.24) is 0 Å². The van der Waals surface area contributed by atoms with Gasteiger partial charge >= 0.3 is 51.4 Å². The number of carbonyl (C=O) groups is 1. The van der Waals surface area contributed by atoms with Crippen molar-refractivity contribution in [1.29, 1.82) is 0 Å². The fraction of sp³-hybridized carbons (Fsp3) is 0.941. The number of carboxylic acid groups (broad SMARTS) is 2. The molecule has 0 radical (unpaired) electrons. The van der Waals surface area contributed by atoms with Crippen molar-refractivity contribution in [2.75, 3.05) is 26.2 Å². The molecule has 0 aromatic rings. The molecule has 4 nitrogen and oxygen atoms in total. The smallest absolute Gasteiger partial charge is 0.652 e. The second-order valence-corrected chi connectivity index (χ2v) is 5.90. The van der Waals surface area contributed by atoms with E-state index in [0.29, 0.717) is 0 Å². The number of carbonyl (C=O) groups excluding carboxylic acids is 1. The van der Waals surface area contributed by atoms with Gasteiger partial charge in [0.05, 0.1) is 26.2 Å². The molecule has 0 fully saturated rings. The predicted octanol–water partition coefficient (Wildman–Crippen LogP) is -0.0176. The Kier molecular flexibility index (Phi) is 32.1. The van der Waals surface area contributed by atoms with E-state index in [2.05, 4.69) is 27.7 Å². The first-order chi connectivity index (χ1) is 9.97. The van der Waals surface area contributed by atoms with Crippen LogP contribution in [0, 0.1) is 0 Å². The molecule has 0 atom stereocenters. The van der Waals surface area contributed by atoms with Gasteiger partial charge in [-0.25, -0.2) is 0 Å². The minimum atomic E-state index is -2.33. The monoisotopic (exact) mass is 377 g/mol. The van der Waals surface area contributed by atoms with Crippen molar-refractivity contribution < 1.29 is 70.9 Å². The fourth-order valence-electron chi connectivity index (χ4n) is 2.64. The molecule has 0 saturated carbocycles. The normalized spacial score (nSPS) is 9.91. The number of hydrogen-bond donors (Lipinski definition) is 0. The van der Waals surface area contributed by atoms with Crippen molar-refractivity contribution in [3.8, 4) is 0 Å². The number of halogens is 1. The van der Waals surface area contributed by atoms with Crippen LogP contribution in [0.25, 0.3) is 0 Å². The SMILES string of the molecule is CCCC[N+](CCCC)(CCCC)CCCC.Cl.O=C([O-])[O-].[K+]. The van der Waals surface area contributed by atoms with Crippen molar-refractivity contribution >= 4 is 18.6 Å². The molecule has 0 aromatic carbocycles. The maximum Gasteiger partial charge on any atom is 1.00 e. The Hall–Kier alpha value is 1.16. The fourth-order valence-corrected chi connectivity index (χ4v) is 2.64. The van der Waals surface area contributed by atoms with E-state index in [-0.39, 0.29) is 63.8 Å². The number of unbranched alkanes of at least 4 members (excludes halogenated alkanes) is 4. The molecule has 0 saturated heterocycles. The molecule has 136 valence electrons. The summed E-state index contributed by atoms with van der Waals surface area (Å²) in [4.78, 5) is 8.33. The van der Waals surface area contributed by atoms with Crippen LogP contribution in [-0.4, -0.2) is 36.8 Å². The van der Waals surface area contributed by atoms with Crippen LogP contribution in [0.3, 0.4) is 0 Å². The van der Waals surface area contributed by atoms with Crippen LogP contribution < -0.4 is 61.6 Å². The van der Waals surface area contributed by atoms with Gasteiger partial charge in [0.2, 0.25) is 0 Å². The molecule has 0 aromatic heterocycles. The average molecular weight is 378 g/mol. The van der Waals surface area contributed by atoms with Crippen LogP contribution in [0.1, 0.15) is 79.1 Å². The van der Waals surface area contributed by atoms with Crippen LogP contribution in [0.15, 0.2) is 0 Å². The summed E-state index contributed by atoms with van der Waals surface area (Å²) in [7, 11) is 0. The van der Waals surface area contributed by atoms with Gasteiger partial charge in [-0.1, -0.05) is 53.4 Å². The zero-order valence-corrected chi connectivity index (χ0v) is 20.0. The first-order valence-corrected chi connectivity index (χ1v) is 8.71. The van der Waals surface area contributed by atoms with Gasteiger partial charge < -0.3 is 19.5 Å². The molecule has 0 amide bonds. The number of hydrogen-bond acceptors (Lipinski definition) is 3. The van der Waals surface area contributed by atoms with Crippen molar-refractivity contribution in [2.24, 2.45) is 0 Å². The summed E-state index contributed by atoms with van der Waals surface area (Å²) in [6.45, 7) is 15.0. The second kappa shape index (κ2) is 23.2. The summed E-state index contributed by atoms with van der Waals surface area (Å²) < 4.78 is 1.42. The van der Waals surface area contributed by atoms with Gasteiger partial charge in [0.15, 0.2) is 0 Å². The Morgan fingerprint density at radius 3 is 1.00 bits per heavy atom. The maximum absolute atomic E-state index is 8.33. The molecule has 0 rings (SSSR count). The molecule has 0 aliphatic rings. The maximum atomic E-state index is 8.33. The molecular formula is C17H37ClKNO3. The molecule has 6 heteroatoms. The molecule has 0 spiro atoms. The molecule has 0 unspecified atom stereocenters. The van der Waals surface area contributed by atoms with Crippen LogP contribution in [0.4, 0.5) is 4.79 Å². The summed E-state index contributed by atoms with van der Waals surface area (Å²) in [5.41, 5.74) is 0. The van der Waals surface area contributed by atoms with Gasteiger partial charge in [0, 0.05) is 0 Å². The topological polar surface area (TPSA) is 63.2 Å². The average Bonchev–Trinajstić information content (AvgIpc) is 2.45. The van der Waals surface area contributed by atoms with E-state index in [1.54, 1.807) is 0 Å². The first kappa shape index (κ1) is 31.9. The first-order valence-electron chi connectivity index (χ1n) is 8.71. The van der Waals surface area contributed by atoms with Crippen LogP contribution in [-0.2, 0) is 0 Å². The van der Waals surface area contributed by atoms with Crippen LogP contribution in [0.5, 0.6) is 0 Å². The van der Waals surface area contributed by atoms with Crippen LogP contribution >= 0.6 is 12.4 Å². The third kappa shape index (κ3) is 23.2. The van der Waals surface area contributed by atoms with E-state index >= 15 is 0 Å². The van der Waals surface area contributed by atoms with Crippen LogP contribution in [0.2, 0.25) is 0 Å². The van der Waals surface area contributed by atoms with E-state index in [4.69, 9.17) is 15.0 Å². The standard InChI is InChI=1S/C16H36N.CH2O3.ClH.K/c1-5-9-13-17(14-10-6-2,15-11-7-3)16-12-8-4;2-1(3)4;;/h5-16H2,1-4H3;(H2,2,3,4);1H;/q+1;;;+1/p-2. The Balaban J connectivity index is -0.000000268. The summed E-state index contributed by atoms with van der Waals surface area (Å²) in [6.07, 6.45) is 8.73. The van der Waals surface area contributed by atoms with Gasteiger partial charge in [-0.15, -0.1) is 12.4 Å². The third-order valence-electron chi connectivity index (χ3n) is 3.94.